The number of nitrogens with zero attached hydrogens (tertiary/aromatic N) is 6. The number of fused-ring (bicyclic) bond motifs is 8. The fourth-order valence-electron chi connectivity index (χ4n) is 9.32. The van der Waals surface area contributed by atoms with E-state index >= 15 is 8.78 Å². The molecule has 0 radical (unpaired) electrons. The molecule has 0 spiro atoms. The minimum Gasteiger partial charge on any atom is -0.464 e. The number of anilines is 1. The van der Waals surface area contributed by atoms with Crippen LogP contribution in [0.2, 0.25) is 0 Å². The first kappa shape index (κ1) is 41.3. The molecule has 4 fully saturated rings. The van der Waals surface area contributed by atoms with Crippen LogP contribution in [0.1, 0.15) is 63.4 Å². The van der Waals surface area contributed by atoms with Crippen LogP contribution in [0.25, 0.3) is 32.0 Å². The monoisotopic (exact) mass is 864 g/mol. The molecule has 2 saturated heterocycles. The summed E-state index contributed by atoms with van der Waals surface area (Å²) in [5.41, 5.74) is 7.86. The van der Waals surface area contributed by atoms with Gasteiger partial charge in [-0.2, -0.15) is 0 Å². The van der Waals surface area contributed by atoms with Crippen molar-refractivity contribution in [2.24, 2.45) is 29.1 Å². The number of piperazine rings is 1. The SMILES string of the molecule is CCn1c(-c2cc(N3CCN(C)CC3)cnc2C(C)OC)c2c3cc(sc31)-c1csc(n1)CC(NC(=O)C1CC1C)C(=O)N1CC3C(C(N1)C(=O)OCC(C)(C)C2)C3(F)F. The maximum Gasteiger partial charge on any atom is 0.325 e. The van der Waals surface area contributed by atoms with E-state index in [9.17, 15) is 14.4 Å². The van der Waals surface area contributed by atoms with E-state index in [1.54, 1.807) is 18.4 Å². The van der Waals surface area contributed by atoms with E-state index in [4.69, 9.17) is 19.4 Å². The maximum atomic E-state index is 15.3. The Hall–Kier alpha value is -4.03. The van der Waals surface area contributed by atoms with Crippen molar-refractivity contribution in [3.8, 4) is 21.8 Å². The number of likely N-dealkylation sites (N-methyl/N-ethyl adjacent to an activating group) is 1. The van der Waals surface area contributed by atoms with Crippen molar-refractivity contribution < 1.29 is 32.6 Å². The Morgan fingerprint density at radius 3 is 2.63 bits per heavy atom. The summed E-state index contributed by atoms with van der Waals surface area (Å²) in [4.78, 5) is 58.2. The predicted octanol–water partition coefficient (Wildman–Crippen LogP) is 5.77. The summed E-state index contributed by atoms with van der Waals surface area (Å²) >= 11 is 3.04. The van der Waals surface area contributed by atoms with Crippen molar-refractivity contribution >= 4 is 56.4 Å². The summed E-state index contributed by atoms with van der Waals surface area (Å²) in [6.45, 7) is 14.1. The lowest BCUT2D eigenvalue weighted by Gasteiger charge is -2.34. The summed E-state index contributed by atoms with van der Waals surface area (Å²) in [7, 11) is 3.82. The topological polar surface area (TPSA) is 134 Å². The molecule has 17 heteroatoms. The van der Waals surface area contributed by atoms with Gasteiger partial charge in [-0.25, -0.2) is 19.2 Å². The number of esters is 1. The molecule has 4 aromatic heterocycles. The molecular weight excluding hydrogens is 811 g/mol. The number of carbonyl (C=O) groups is 3. The number of alkyl halides is 2. The van der Waals surface area contributed by atoms with Gasteiger partial charge in [0.05, 0.1) is 63.4 Å². The number of thiazole rings is 1. The van der Waals surface area contributed by atoms with E-state index < -0.39 is 47.1 Å². The van der Waals surface area contributed by atoms with Gasteiger partial charge in [0, 0.05) is 80.5 Å². The number of amides is 2. The Morgan fingerprint density at radius 2 is 1.93 bits per heavy atom. The van der Waals surface area contributed by atoms with Gasteiger partial charge in [0.2, 0.25) is 5.91 Å². The van der Waals surface area contributed by atoms with Gasteiger partial charge in [-0.05, 0) is 57.4 Å². The second-order valence-electron chi connectivity index (χ2n) is 18.2. The zero-order valence-electron chi connectivity index (χ0n) is 35.2. The summed E-state index contributed by atoms with van der Waals surface area (Å²) in [5, 5.41) is 7.67. The fraction of sp³-hybridized carbons (Fsp3) is 0.605. The molecule has 2 amide bonds. The van der Waals surface area contributed by atoms with Gasteiger partial charge in [0.15, 0.2) is 0 Å². The fourth-order valence-corrected chi connectivity index (χ4v) is 11.5. The number of pyridine rings is 1. The van der Waals surface area contributed by atoms with Gasteiger partial charge in [-0.3, -0.25) is 24.4 Å². The first-order valence-corrected chi connectivity index (χ1v) is 22.8. The molecule has 9 rings (SSSR count). The largest absolute Gasteiger partial charge is 0.464 e. The predicted molar refractivity (Wildman–Crippen MR) is 227 cm³/mol. The highest BCUT2D eigenvalue weighted by molar-refractivity contribution is 7.22. The highest BCUT2D eigenvalue weighted by Gasteiger charge is 2.75. The molecular formula is C43H54F2N8O5S2. The van der Waals surface area contributed by atoms with Gasteiger partial charge in [-0.15, -0.1) is 22.7 Å². The zero-order chi connectivity index (χ0) is 42.4. The van der Waals surface area contributed by atoms with E-state index in [2.05, 4.69) is 51.2 Å². The van der Waals surface area contributed by atoms with Crippen LogP contribution >= 0.6 is 22.7 Å². The van der Waals surface area contributed by atoms with Gasteiger partial charge in [0.25, 0.3) is 11.8 Å². The normalized spacial score (nSPS) is 28.2. The van der Waals surface area contributed by atoms with Crippen LogP contribution in [0.15, 0.2) is 23.7 Å². The molecule has 322 valence electrons. The lowest BCUT2D eigenvalue weighted by atomic mass is 9.84. The van der Waals surface area contributed by atoms with E-state index in [-0.39, 0.29) is 43.4 Å². The van der Waals surface area contributed by atoms with Crippen LogP contribution in [0, 0.1) is 29.1 Å². The highest BCUT2D eigenvalue weighted by Crippen LogP contribution is 2.59. The lowest BCUT2D eigenvalue weighted by molar-refractivity contribution is -0.156. The number of cyclic esters (lactones) is 1. The number of halogens is 2. The third-order valence-corrected chi connectivity index (χ3v) is 15.3. The number of nitrogens with one attached hydrogen (secondary N) is 2. The number of hydrogen-bond acceptors (Lipinski definition) is 12. The number of hydrogen-bond donors (Lipinski definition) is 2. The van der Waals surface area contributed by atoms with Gasteiger partial charge in [-0.1, -0.05) is 20.8 Å². The summed E-state index contributed by atoms with van der Waals surface area (Å²) in [6, 6.07) is 1.91. The minimum atomic E-state index is -3.16. The quantitative estimate of drug-likeness (QED) is 0.221. The molecule has 3 aliphatic heterocycles. The summed E-state index contributed by atoms with van der Waals surface area (Å²) < 4.78 is 44.9. The zero-order valence-corrected chi connectivity index (χ0v) is 36.9. The van der Waals surface area contributed by atoms with Crippen LogP contribution in [0.3, 0.4) is 0 Å². The lowest BCUT2D eigenvalue weighted by Crippen LogP contribution is -2.61. The molecule has 6 bridgehead atoms. The van der Waals surface area contributed by atoms with Gasteiger partial charge < -0.3 is 29.2 Å². The number of carbonyl (C=O) groups excluding carboxylic acids is 3. The Kier molecular flexibility index (Phi) is 10.6. The number of aryl methyl sites for hydroxylation is 1. The smallest absolute Gasteiger partial charge is 0.325 e. The van der Waals surface area contributed by atoms with Gasteiger partial charge in [0.1, 0.15) is 16.9 Å². The second-order valence-corrected chi connectivity index (χ2v) is 20.2. The standard InChI is InChI=1S/C43H54F2N8O5S2/c1-8-52-37(27-14-24(18-46-35(27)23(3)57-7)51-11-9-50(6)10-12-51)28-17-42(4,5)21-58-41(56)36-34-29(43(34,44)45)19-53(49-36)39(55)30(48-38(54)25-13-22(25)2)16-33-47-31(20-59-33)32-15-26(28)40(52)60-32/h14-15,18,20,22-23,25,29-30,34,36,49H,8-13,16-17,19,21H2,1-7H3,(H,48,54). The highest BCUT2D eigenvalue weighted by atomic mass is 32.1. The molecule has 13 nitrogen and oxygen atoms in total. The van der Waals surface area contributed by atoms with Crippen molar-refractivity contribution in [1.82, 2.24) is 35.2 Å². The van der Waals surface area contributed by atoms with E-state index in [0.717, 1.165) is 86.6 Å². The Balaban J connectivity index is 1.16. The Bertz CT molecular complexity index is 2340. The second kappa shape index (κ2) is 15.4. The van der Waals surface area contributed by atoms with Crippen LogP contribution in [-0.2, 0) is 43.2 Å². The van der Waals surface area contributed by atoms with Crippen molar-refractivity contribution in [1.29, 1.82) is 0 Å². The van der Waals surface area contributed by atoms with E-state index in [0.29, 0.717) is 18.0 Å². The number of thiophene rings is 1. The average Bonchev–Trinajstić information content (AvgIpc) is 3.78. The molecule has 60 heavy (non-hydrogen) atoms. The van der Waals surface area contributed by atoms with Crippen LogP contribution in [-0.4, -0.2) is 114 Å². The number of aromatic nitrogens is 3. The molecule has 0 aromatic carbocycles. The van der Waals surface area contributed by atoms with Crippen LogP contribution < -0.4 is 15.6 Å². The van der Waals surface area contributed by atoms with Crippen LogP contribution in [0.4, 0.5) is 14.5 Å². The van der Waals surface area contributed by atoms with Gasteiger partial charge >= 0.3 is 5.97 Å². The third-order valence-electron chi connectivity index (χ3n) is 13.2. The molecule has 2 aliphatic carbocycles. The number of methoxy groups -OCH3 is 1. The average molecular weight is 865 g/mol. The Labute approximate surface area is 356 Å². The molecule has 2 N–H and O–H groups in total. The number of rotatable bonds is 7. The van der Waals surface area contributed by atoms with Crippen LogP contribution in [0.5, 0.6) is 0 Å². The maximum absolute atomic E-state index is 15.3. The van der Waals surface area contributed by atoms with E-state index in [1.807, 2.05) is 39.3 Å². The molecule has 7 atom stereocenters. The molecule has 7 unspecified atom stereocenters. The molecule has 5 aliphatic rings. The van der Waals surface area contributed by atoms with Crippen molar-refractivity contribution in [2.75, 3.05) is 58.4 Å². The van der Waals surface area contributed by atoms with E-state index in [1.165, 1.54) is 11.3 Å². The third kappa shape index (κ3) is 7.41. The summed E-state index contributed by atoms with van der Waals surface area (Å²) in [5.74, 6) is -7.35. The number of hydrazine groups is 1. The Morgan fingerprint density at radius 1 is 1.18 bits per heavy atom. The first-order valence-electron chi connectivity index (χ1n) is 21.1. The minimum absolute atomic E-state index is 0.0508. The molecule has 4 aromatic rings. The van der Waals surface area contributed by atoms with Crippen molar-refractivity contribution in [2.45, 2.75) is 84.5 Å². The summed E-state index contributed by atoms with van der Waals surface area (Å²) in [6.07, 6.45) is 2.92. The first-order chi connectivity index (χ1) is 28.6. The van der Waals surface area contributed by atoms with Crippen molar-refractivity contribution in [3.63, 3.8) is 0 Å². The van der Waals surface area contributed by atoms with Crippen molar-refractivity contribution in [3.05, 3.63) is 40.0 Å². The number of ether oxygens (including phenoxy) is 2. The molecule has 2 saturated carbocycles. The molecule has 7 heterocycles.